The number of rotatable bonds is 4. The van der Waals surface area contributed by atoms with Crippen LogP contribution in [0.4, 0.5) is 0 Å². The third kappa shape index (κ3) is 4.61. The van der Waals surface area contributed by atoms with E-state index in [0.717, 1.165) is 72.1 Å². The van der Waals surface area contributed by atoms with Crippen molar-refractivity contribution >= 4 is 87.2 Å². The van der Waals surface area contributed by atoms with Crippen molar-refractivity contribution in [2.75, 3.05) is 0 Å². The standard InChI is InChI=1S/C54H32N4O/c1-2-14-34(15-3-1)51-40-19-6-9-21-43(40)55-54(56-51)35-25-27-36(28-26-35)57-46-31-29-39-38-18-7-10-22-45(38)58(44-23-12-16-33-13-4-5-17-37(33)44)52(39)49(46)42-30-32-48-50(53(42)57)41-20-8-11-24-47(41)59-48/h1-32H. The van der Waals surface area contributed by atoms with Crippen LogP contribution in [0.5, 0.6) is 0 Å². The maximum Gasteiger partial charge on any atom is 0.160 e. The number of nitrogens with zero attached hydrogens (tertiary/aromatic N) is 4. The molecule has 0 fully saturated rings. The van der Waals surface area contributed by atoms with Crippen LogP contribution in [0.3, 0.4) is 0 Å². The fraction of sp³-hybridized carbons (Fsp3) is 0. The van der Waals surface area contributed by atoms with Gasteiger partial charge >= 0.3 is 0 Å². The van der Waals surface area contributed by atoms with Crippen molar-refractivity contribution in [2.24, 2.45) is 0 Å². The smallest absolute Gasteiger partial charge is 0.160 e. The van der Waals surface area contributed by atoms with E-state index in [4.69, 9.17) is 14.4 Å². The first-order valence-electron chi connectivity index (χ1n) is 20.0. The summed E-state index contributed by atoms with van der Waals surface area (Å²) in [5, 5.41) is 10.5. The molecule has 0 radical (unpaired) electrons. The Hall–Kier alpha value is -8.02. The van der Waals surface area contributed by atoms with Gasteiger partial charge in [0.15, 0.2) is 5.82 Å². The van der Waals surface area contributed by atoms with Crippen molar-refractivity contribution in [1.29, 1.82) is 0 Å². The van der Waals surface area contributed by atoms with Crippen LogP contribution in [0.15, 0.2) is 199 Å². The van der Waals surface area contributed by atoms with E-state index in [-0.39, 0.29) is 0 Å². The minimum absolute atomic E-state index is 0.695. The summed E-state index contributed by atoms with van der Waals surface area (Å²) in [7, 11) is 0. The highest BCUT2D eigenvalue weighted by Gasteiger charge is 2.24. The number of aromatic nitrogens is 4. The summed E-state index contributed by atoms with van der Waals surface area (Å²) >= 11 is 0. The van der Waals surface area contributed by atoms with Crippen LogP contribution in [0.1, 0.15) is 0 Å². The molecule has 9 aromatic carbocycles. The van der Waals surface area contributed by atoms with Crippen LogP contribution >= 0.6 is 0 Å². The first-order valence-corrected chi connectivity index (χ1v) is 20.0. The Balaban J connectivity index is 1.12. The van der Waals surface area contributed by atoms with E-state index < -0.39 is 0 Å². The maximum absolute atomic E-state index is 6.55. The second kappa shape index (κ2) is 12.2. The number of para-hydroxylation sites is 3. The van der Waals surface area contributed by atoms with Gasteiger partial charge < -0.3 is 13.6 Å². The van der Waals surface area contributed by atoms with Gasteiger partial charge in [0, 0.05) is 54.5 Å². The fourth-order valence-electron chi connectivity index (χ4n) is 9.55. The molecule has 0 atom stereocenters. The molecule has 274 valence electrons. The molecule has 0 aliphatic rings. The highest BCUT2D eigenvalue weighted by atomic mass is 16.3. The number of benzene rings is 9. The Kier molecular flexibility index (Phi) is 6.66. The normalized spacial score (nSPS) is 12.1. The van der Waals surface area contributed by atoms with Gasteiger partial charge in [-0.05, 0) is 72.1 Å². The lowest BCUT2D eigenvalue weighted by molar-refractivity contribution is 0.669. The zero-order valence-electron chi connectivity index (χ0n) is 31.7. The van der Waals surface area contributed by atoms with Gasteiger partial charge in [-0.25, -0.2) is 9.97 Å². The predicted molar refractivity (Wildman–Crippen MR) is 244 cm³/mol. The maximum atomic E-state index is 6.55. The minimum atomic E-state index is 0.695. The van der Waals surface area contributed by atoms with Crippen LogP contribution in [-0.2, 0) is 0 Å². The summed E-state index contributed by atoms with van der Waals surface area (Å²) in [6, 6.07) is 68.9. The molecule has 0 bridgehead atoms. The van der Waals surface area contributed by atoms with Crippen LogP contribution < -0.4 is 0 Å². The van der Waals surface area contributed by atoms with Gasteiger partial charge in [0.1, 0.15) is 11.2 Å². The van der Waals surface area contributed by atoms with Gasteiger partial charge in [0.25, 0.3) is 0 Å². The second-order valence-electron chi connectivity index (χ2n) is 15.3. The van der Waals surface area contributed by atoms with Gasteiger partial charge in [-0.15, -0.1) is 0 Å². The summed E-state index contributed by atoms with van der Waals surface area (Å²) in [5.74, 6) is 0.695. The summed E-state index contributed by atoms with van der Waals surface area (Å²) in [6.45, 7) is 0. The van der Waals surface area contributed by atoms with Crippen LogP contribution in [0.2, 0.25) is 0 Å². The Morgan fingerprint density at radius 3 is 1.95 bits per heavy atom. The van der Waals surface area contributed by atoms with Crippen molar-refractivity contribution in [3.63, 3.8) is 0 Å². The molecule has 0 saturated carbocycles. The molecule has 13 rings (SSSR count). The SMILES string of the molecule is c1ccc(-c2nc(-c3ccc(-n4c5ccc6c7ccccc7n(-c7cccc8ccccc78)c6c5c5ccc6oc7ccccc7c6c54)cc3)nc3ccccc23)cc1. The van der Waals surface area contributed by atoms with Crippen molar-refractivity contribution in [2.45, 2.75) is 0 Å². The van der Waals surface area contributed by atoms with Crippen molar-refractivity contribution in [3.8, 4) is 34.0 Å². The molecule has 0 aliphatic carbocycles. The van der Waals surface area contributed by atoms with E-state index in [1.807, 2.05) is 24.3 Å². The van der Waals surface area contributed by atoms with Gasteiger partial charge in [-0.1, -0.05) is 127 Å². The van der Waals surface area contributed by atoms with Gasteiger partial charge in [0.2, 0.25) is 0 Å². The average molecular weight is 753 g/mol. The van der Waals surface area contributed by atoms with Crippen LogP contribution in [0, 0.1) is 0 Å². The highest BCUT2D eigenvalue weighted by Crippen LogP contribution is 2.46. The van der Waals surface area contributed by atoms with Gasteiger partial charge in [-0.2, -0.15) is 0 Å². The monoisotopic (exact) mass is 752 g/mol. The molecule has 0 saturated heterocycles. The molecule has 5 nitrogen and oxygen atoms in total. The molecular formula is C54H32N4O. The summed E-state index contributed by atoms with van der Waals surface area (Å²) in [6.07, 6.45) is 0. The highest BCUT2D eigenvalue weighted by molar-refractivity contribution is 6.31. The molecular weight excluding hydrogens is 721 g/mol. The quantitative estimate of drug-likeness (QED) is 0.180. The molecule has 0 unspecified atom stereocenters. The zero-order valence-corrected chi connectivity index (χ0v) is 31.7. The first-order chi connectivity index (χ1) is 29.3. The van der Waals surface area contributed by atoms with Crippen molar-refractivity contribution < 1.29 is 4.42 Å². The summed E-state index contributed by atoms with van der Waals surface area (Å²) in [5.41, 5.74) is 12.4. The average Bonchev–Trinajstić information content (AvgIpc) is 3.96. The minimum Gasteiger partial charge on any atom is -0.456 e. The third-order valence-electron chi connectivity index (χ3n) is 12.1. The third-order valence-corrected chi connectivity index (χ3v) is 12.1. The summed E-state index contributed by atoms with van der Waals surface area (Å²) < 4.78 is 11.5. The predicted octanol–water partition coefficient (Wildman–Crippen LogP) is 14.2. The fourth-order valence-corrected chi connectivity index (χ4v) is 9.55. The molecule has 0 N–H and O–H groups in total. The van der Waals surface area contributed by atoms with E-state index >= 15 is 0 Å². The second-order valence-corrected chi connectivity index (χ2v) is 15.3. The number of fused-ring (bicyclic) bond motifs is 13. The van der Waals surface area contributed by atoms with Crippen molar-refractivity contribution in [3.05, 3.63) is 194 Å². The molecule has 4 heterocycles. The number of hydrogen-bond acceptors (Lipinski definition) is 3. The van der Waals surface area contributed by atoms with E-state index in [2.05, 4.69) is 179 Å². The molecule has 13 aromatic rings. The Labute approximate surface area is 337 Å². The van der Waals surface area contributed by atoms with E-state index in [1.165, 1.54) is 43.4 Å². The van der Waals surface area contributed by atoms with E-state index in [9.17, 15) is 0 Å². The number of hydrogen-bond donors (Lipinski definition) is 0. The Morgan fingerprint density at radius 2 is 1.07 bits per heavy atom. The van der Waals surface area contributed by atoms with Crippen LogP contribution in [-0.4, -0.2) is 19.1 Å². The van der Waals surface area contributed by atoms with E-state index in [1.54, 1.807) is 0 Å². The zero-order chi connectivity index (χ0) is 38.6. The lowest BCUT2D eigenvalue weighted by atomic mass is 10.0. The van der Waals surface area contributed by atoms with Crippen LogP contribution in [0.25, 0.3) is 121 Å². The topological polar surface area (TPSA) is 48.8 Å². The molecule has 4 aromatic heterocycles. The Bertz CT molecular complexity index is 3830. The molecule has 0 aliphatic heterocycles. The molecule has 0 amide bonds. The molecule has 59 heavy (non-hydrogen) atoms. The lowest BCUT2D eigenvalue weighted by Gasteiger charge is -2.13. The van der Waals surface area contributed by atoms with Crippen molar-refractivity contribution in [1.82, 2.24) is 19.1 Å². The van der Waals surface area contributed by atoms with Gasteiger partial charge in [-0.3, -0.25) is 0 Å². The largest absolute Gasteiger partial charge is 0.456 e. The molecule has 0 spiro atoms. The first kappa shape index (κ1) is 32.1. The Morgan fingerprint density at radius 1 is 0.373 bits per heavy atom. The molecule has 5 heteroatoms. The summed E-state index contributed by atoms with van der Waals surface area (Å²) in [4.78, 5) is 10.3. The number of furan rings is 1. The lowest BCUT2D eigenvalue weighted by Crippen LogP contribution is -1.97. The van der Waals surface area contributed by atoms with E-state index in [0.29, 0.717) is 5.82 Å². The van der Waals surface area contributed by atoms with Gasteiger partial charge in [0.05, 0.1) is 44.4 Å².